The highest BCUT2D eigenvalue weighted by atomic mass is 16.5. The van der Waals surface area contributed by atoms with E-state index in [0.29, 0.717) is 6.42 Å². The van der Waals surface area contributed by atoms with E-state index in [9.17, 15) is 4.79 Å². The van der Waals surface area contributed by atoms with E-state index in [2.05, 4.69) is 14.9 Å². The quantitative estimate of drug-likeness (QED) is 0.638. The fraction of sp³-hybridized carbons (Fsp3) is 0.286. The van der Waals surface area contributed by atoms with E-state index in [1.807, 2.05) is 6.07 Å². The smallest absolute Gasteiger partial charge is 0.294 e. The molecule has 0 aliphatic heterocycles. The van der Waals surface area contributed by atoms with Gasteiger partial charge in [0.05, 0.1) is 6.20 Å². The summed E-state index contributed by atoms with van der Waals surface area (Å²) in [5, 5.41) is 14.8. The summed E-state index contributed by atoms with van der Waals surface area (Å²) < 4.78 is 4.48. The summed E-state index contributed by atoms with van der Waals surface area (Å²) in [6, 6.07) is 1.85. The van der Waals surface area contributed by atoms with E-state index in [-0.39, 0.29) is 6.47 Å². The van der Waals surface area contributed by atoms with Gasteiger partial charge in [0.15, 0.2) is 6.10 Å². The van der Waals surface area contributed by atoms with E-state index in [4.69, 9.17) is 5.26 Å². The summed E-state index contributed by atoms with van der Waals surface area (Å²) in [5.74, 6) is 0. The Kier molecular flexibility index (Phi) is 2.85. The molecule has 0 saturated heterocycles. The number of rotatable bonds is 4. The third kappa shape index (κ3) is 2.09. The second kappa shape index (κ2) is 4.13. The number of ether oxygens (including phenoxy) is 1. The molecule has 62 valence electrons. The highest BCUT2D eigenvalue weighted by Gasteiger charge is 2.08. The van der Waals surface area contributed by atoms with Crippen LogP contribution in [0, 0.1) is 11.3 Å². The molecule has 1 heterocycles. The molecule has 0 saturated carbocycles. The Morgan fingerprint density at radius 1 is 1.92 bits per heavy atom. The second-order valence-electron chi connectivity index (χ2n) is 2.16. The predicted molar refractivity (Wildman–Crippen MR) is 38.8 cm³/mol. The molecule has 0 aliphatic rings. The van der Waals surface area contributed by atoms with Crippen molar-refractivity contribution in [2.45, 2.75) is 12.5 Å². The molecule has 1 N–H and O–H groups in total. The SMILES string of the molecule is N#CC(Cc1cn[nH]c1)OC=O. The minimum atomic E-state index is -0.722. The van der Waals surface area contributed by atoms with Crippen LogP contribution in [0.15, 0.2) is 12.4 Å². The van der Waals surface area contributed by atoms with Gasteiger partial charge in [0.1, 0.15) is 6.07 Å². The van der Waals surface area contributed by atoms with Crippen molar-refractivity contribution < 1.29 is 9.53 Å². The van der Waals surface area contributed by atoms with E-state index in [1.165, 1.54) is 0 Å². The van der Waals surface area contributed by atoms with Gasteiger partial charge in [-0.05, 0) is 5.56 Å². The van der Waals surface area contributed by atoms with Crippen LogP contribution in [0.4, 0.5) is 0 Å². The Morgan fingerprint density at radius 2 is 2.75 bits per heavy atom. The second-order valence-corrected chi connectivity index (χ2v) is 2.16. The topological polar surface area (TPSA) is 78.8 Å². The fourth-order valence-electron chi connectivity index (χ4n) is 0.795. The van der Waals surface area contributed by atoms with Gasteiger partial charge in [-0.2, -0.15) is 10.4 Å². The molecule has 0 aromatic carbocycles. The van der Waals surface area contributed by atoms with Gasteiger partial charge in [0.2, 0.25) is 0 Å². The van der Waals surface area contributed by atoms with Crippen molar-refractivity contribution >= 4 is 6.47 Å². The predicted octanol–water partition coefficient (Wildman–Crippen LogP) is 0.0174. The van der Waals surface area contributed by atoms with Gasteiger partial charge >= 0.3 is 0 Å². The molecule has 1 aromatic rings. The van der Waals surface area contributed by atoms with Crippen molar-refractivity contribution in [2.24, 2.45) is 0 Å². The number of aromatic nitrogens is 2. The van der Waals surface area contributed by atoms with Crippen molar-refractivity contribution in [2.75, 3.05) is 0 Å². The van der Waals surface area contributed by atoms with Gasteiger partial charge in [-0.15, -0.1) is 0 Å². The summed E-state index contributed by atoms with van der Waals surface area (Å²) >= 11 is 0. The monoisotopic (exact) mass is 165 g/mol. The van der Waals surface area contributed by atoms with Crippen LogP contribution in [-0.2, 0) is 16.0 Å². The van der Waals surface area contributed by atoms with Gasteiger partial charge in [0, 0.05) is 12.6 Å². The molecular weight excluding hydrogens is 158 g/mol. The fourth-order valence-corrected chi connectivity index (χ4v) is 0.795. The molecule has 1 unspecified atom stereocenters. The minimum Gasteiger partial charge on any atom is -0.449 e. The Morgan fingerprint density at radius 3 is 3.25 bits per heavy atom. The maximum absolute atomic E-state index is 9.91. The molecule has 0 amide bonds. The molecule has 0 fully saturated rings. The number of H-pyrrole nitrogens is 1. The van der Waals surface area contributed by atoms with Crippen LogP contribution in [-0.4, -0.2) is 22.8 Å². The van der Waals surface area contributed by atoms with Crippen molar-refractivity contribution in [1.29, 1.82) is 5.26 Å². The van der Waals surface area contributed by atoms with Crippen molar-refractivity contribution in [3.8, 4) is 6.07 Å². The lowest BCUT2D eigenvalue weighted by Gasteiger charge is -2.03. The highest BCUT2D eigenvalue weighted by Crippen LogP contribution is 2.01. The van der Waals surface area contributed by atoms with Crippen LogP contribution in [0.5, 0.6) is 0 Å². The van der Waals surface area contributed by atoms with Gasteiger partial charge in [0.25, 0.3) is 6.47 Å². The highest BCUT2D eigenvalue weighted by molar-refractivity contribution is 5.38. The van der Waals surface area contributed by atoms with Crippen LogP contribution in [0.25, 0.3) is 0 Å². The zero-order valence-electron chi connectivity index (χ0n) is 6.23. The maximum Gasteiger partial charge on any atom is 0.294 e. The first kappa shape index (κ1) is 8.27. The van der Waals surface area contributed by atoms with E-state index in [0.717, 1.165) is 5.56 Å². The lowest BCUT2D eigenvalue weighted by Crippen LogP contribution is -2.12. The normalized spacial score (nSPS) is 11.6. The molecule has 1 atom stereocenters. The lowest BCUT2D eigenvalue weighted by molar-refractivity contribution is -0.131. The number of carbonyl (C=O) groups excluding carboxylic acids is 1. The molecule has 0 spiro atoms. The Bertz CT molecular complexity index is 275. The summed E-state index contributed by atoms with van der Waals surface area (Å²) in [6.07, 6.45) is 2.88. The van der Waals surface area contributed by atoms with Gasteiger partial charge in [-0.1, -0.05) is 0 Å². The maximum atomic E-state index is 9.91. The summed E-state index contributed by atoms with van der Waals surface area (Å²) in [4.78, 5) is 9.91. The number of nitriles is 1. The van der Waals surface area contributed by atoms with Crippen LogP contribution in [0.3, 0.4) is 0 Å². The molecule has 5 heteroatoms. The van der Waals surface area contributed by atoms with Gasteiger partial charge in [-0.3, -0.25) is 9.89 Å². The Labute approximate surface area is 69.0 Å². The summed E-state index contributed by atoms with van der Waals surface area (Å²) in [6.45, 7) is 0.272. The molecule has 0 bridgehead atoms. The van der Waals surface area contributed by atoms with Crippen molar-refractivity contribution in [3.63, 3.8) is 0 Å². The van der Waals surface area contributed by atoms with Crippen LogP contribution in [0.2, 0.25) is 0 Å². The van der Waals surface area contributed by atoms with Crippen molar-refractivity contribution in [3.05, 3.63) is 18.0 Å². The number of hydrogen-bond donors (Lipinski definition) is 1. The average molecular weight is 165 g/mol. The van der Waals surface area contributed by atoms with Crippen LogP contribution >= 0.6 is 0 Å². The molecule has 1 rings (SSSR count). The van der Waals surface area contributed by atoms with Gasteiger partial charge < -0.3 is 4.74 Å². The largest absolute Gasteiger partial charge is 0.449 e. The third-order valence-electron chi connectivity index (χ3n) is 1.34. The summed E-state index contributed by atoms with van der Waals surface area (Å²) in [7, 11) is 0. The number of nitrogens with one attached hydrogen (secondary N) is 1. The van der Waals surface area contributed by atoms with Crippen LogP contribution in [0.1, 0.15) is 5.56 Å². The molecule has 1 aromatic heterocycles. The standard InChI is InChI=1S/C7H7N3O2/c8-2-7(12-5-11)1-6-3-9-10-4-6/h3-5,7H,1H2,(H,9,10). The average Bonchev–Trinajstić information content (AvgIpc) is 2.56. The van der Waals surface area contributed by atoms with E-state index >= 15 is 0 Å². The van der Waals surface area contributed by atoms with E-state index in [1.54, 1.807) is 12.4 Å². The van der Waals surface area contributed by atoms with Crippen LogP contribution < -0.4 is 0 Å². The molecule has 0 radical (unpaired) electrons. The lowest BCUT2D eigenvalue weighted by atomic mass is 10.2. The molecular formula is C7H7N3O2. The zero-order valence-corrected chi connectivity index (χ0v) is 6.23. The van der Waals surface area contributed by atoms with E-state index < -0.39 is 6.10 Å². The number of hydrogen-bond acceptors (Lipinski definition) is 4. The number of nitrogens with zero attached hydrogens (tertiary/aromatic N) is 2. The summed E-state index contributed by atoms with van der Waals surface area (Å²) in [5.41, 5.74) is 0.836. The molecule has 12 heavy (non-hydrogen) atoms. The number of carbonyl (C=O) groups is 1. The molecule has 5 nitrogen and oxygen atoms in total. The molecule has 0 aliphatic carbocycles. The van der Waals surface area contributed by atoms with Gasteiger partial charge in [-0.25, -0.2) is 0 Å². The number of aromatic amines is 1. The first-order valence-corrected chi connectivity index (χ1v) is 3.33. The first-order chi connectivity index (χ1) is 5.86. The Hall–Kier alpha value is -1.83. The minimum absolute atomic E-state index is 0.272. The first-order valence-electron chi connectivity index (χ1n) is 3.33. The zero-order chi connectivity index (χ0) is 8.81. The van der Waals surface area contributed by atoms with Crippen molar-refractivity contribution in [1.82, 2.24) is 10.2 Å². The Balaban J connectivity index is 2.49. The third-order valence-corrected chi connectivity index (χ3v) is 1.34.